The Morgan fingerprint density at radius 3 is 2.52 bits per heavy atom. The molecule has 2 aromatic rings. The minimum Gasteiger partial charge on any atom is -0.343 e. The van der Waals surface area contributed by atoms with E-state index < -0.39 is 0 Å². The Balaban J connectivity index is 1.97. The molecule has 2 nitrogen and oxygen atoms in total. The second kappa shape index (κ2) is 4.50. The predicted molar refractivity (Wildman–Crippen MR) is 89.3 cm³/mol. The van der Waals surface area contributed by atoms with Crippen LogP contribution < -0.4 is 5.32 Å². The monoisotopic (exact) mass is 292 g/mol. The Bertz CT molecular complexity index is 777. The average molecular weight is 292 g/mol. The van der Waals surface area contributed by atoms with E-state index in [2.05, 4.69) is 60.8 Å². The van der Waals surface area contributed by atoms with E-state index in [1.54, 1.807) is 0 Å². The molecule has 0 fully saturated rings. The summed E-state index contributed by atoms with van der Waals surface area (Å²) >= 11 is 1.83. The highest BCUT2D eigenvalue weighted by Crippen LogP contribution is 2.56. The molecule has 0 bridgehead atoms. The molecule has 1 N–H and O–H groups in total. The van der Waals surface area contributed by atoms with Gasteiger partial charge in [0.1, 0.15) is 5.54 Å². The first-order chi connectivity index (χ1) is 10.2. The number of rotatable bonds is 1. The van der Waals surface area contributed by atoms with Crippen LogP contribution in [0.4, 0.5) is 0 Å². The highest BCUT2D eigenvalue weighted by molar-refractivity contribution is 8.03. The first-order valence-electron chi connectivity index (χ1n) is 7.09. The Morgan fingerprint density at radius 2 is 1.71 bits per heavy atom. The number of hydrogen-bond acceptors (Lipinski definition) is 3. The van der Waals surface area contributed by atoms with Gasteiger partial charge in [-0.15, -0.1) is 0 Å². The molecular formula is C18H16N2S. The predicted octanol–water partition coefficient (Wildman–Crippen LogP) is 4.40. The average Bonchev–Trinajstić information content (AvgIpc) is 2.80. The molecule has 0 saturated heterocycles. The van der Waals surface area contributed by atoms with Gasteiger partial charge in [0.25, 0.3) is 0 Å². The van der Waals surface area contributed by atoms with E-state index in [0.717, 1.165) is 5.84 Å². The molecule has 1 atom stereocenters. The molecule has 0 aromatic heterocycles. The zero-order valence-electron chi connectivity index (χ0n) is 12.1. The van der Waals surface area contributed by atoms with E-state index in [9.17, 15) is 0 Å². The van der Waals surface area contributed by atoms with Gasteiger partial charge < -0.3 is 5.32 Å². The van der Waals surface area contributed by atoms with Crippen molar-refractivity contribution in [2.75, 3.05) is 0 Å². The lowest BCUT2D eigenvalue weighted by Crippen LogP contribution is -2.33. The summed E-state index contributed by atoms with van der Waals surface area (Å²) in [6, 6.07) is 19.1. The van der Waals surface area contributed by atoms with E-state index in [4.69, 9.17) is 4.99 Å². The van der Waals surface area contributed by atoms with Crippen molar-refractivity contribution in [1.82, 2.24) is 5.32 Å². The van der Waals surface area contributed by atoms with Gasteiger partial charge in [0.2, 0.25) is 0 Å². The second-order valence-electron chi connectivity index (χ2n) is 5.56. The number of hydrogen-bond donors (Lipinski definition) is 1. The van der Waals surface area contributed by atoms with Crippen LogP contribution in [0, 0.1) is 0 Å². The van der Waals surface area contributed by atoms with Crippen LogP contribution >= 0.6 is 11.8 Å². The van der Waals surface area contributed by atoms with E-state index in [0.29, 0.717) is 0 Å². The van der Waals surface area contributed by atoms with Crippen molar-refractivity contribution < 1.29 is 0 Å². The number of nitrogens with zero attached hydrogens (tertiary/aromatic N) is 1. The summed E-state index contributed by atoms with van der Waals surface area (Å²) in [6.45, 7) is 4.25. The Kier molecular flexibility index (Phi) is 2.73. The van der Waals surface area contributed by atoms with Crippen LogP contribution in [0.5, 0.6) is 0 Å². The summed E-state index contributed by atoms with van der Waals surface area (Å²) in [7, 11) is 0. The number of benzene rings is 2. The van der Waals surface area contributed by atoms with Gasteiger partial charge in [-0.1, -0.05) is 60.3 Å². The largest absolute Gasteiger partial charge is 0.343 e. The second-order valence-corrected chi connectivity index (χ2v) is 6.61. The van der Waals surface area contributed by atoms with Crippen LogP contribution in [0.15, 0.2) is 69.4 Å². The lowest BCUT2D eigenvalue weighted by molar-refractivity contribution is 0.610. The van der Waals surface area contributed by atoms with Gasteiger partial charge in [-0.05, 0) is 31.0 Å². The molecule has 0 spiro atoms. The van der Waals surface area contributed by atoms with Crippen molar-refractivity contribution in [3.8, 4) is 0 Å². The Morgan fingerprint density at radius 1 is 1.00 bits per heavy atom. The zero-order chi connectivity index (χ0) is 14.4. The van der Waals surface area contributed by atoms with E-state index in [1.165, 1.54) is 26.6 Å². The standard InChI is InChI=1S/C18H16N2S/c1-12-19-16(13-8-4-3-5-9-13)17-18(2,20-12)14-10-6-7-11-15(14)21-17/h3-11H,1-2H3,(H,19,20). The third kappa shape index (κ3) is 1.84. The van der Waals surface area contributed by atoms with Crippen molar-refractivity contribution in [2.24, 2.45) is 4.99 Å². The number of amidine groups is 1. The molecule has 2 aromatic carbocycles. The van der Waals surface area contributed by atoms with Gasteiger partial charge in [-0.2, -0.15) is 0 Å². The smallest absolute Gasteiger partial charge is 0.119 e. The summed E-state index contributed by atoms with van der Waals surface area (Å²) in [5.74, 6) is 0.970. The number of nitrogens with one attached hydrogen (secondary N) is 1. The van der Waals surface area contributed by atoms with Crippen molar-refractivity contribution in [2.45, 2.75) is 24.3 Å². The molecule has 1 unspecified atom stereocenters. The molecule has 3 heteroatoms. The molecular weight excluding hydrogens is 276 g/mol. The van der Waals surface area contributed by atoms with Gasteiger partial charge >= 0.3 is 0 Å². The highest BCUT2D eigenvalue weighted by Gasteiger charge is 2.43. The maximum atomic E-state index is 4.92. The quantitative estimate of drug-likeness (QED) is 0.842. The van der Waals surface area contributed by atoms with Crippen LogP contribution in [0.1, 0.15) is 25.0 Å². The highest BCUT2D eigenvalue weighted by atomic mass is 32.2. The van der Waals surface area contributed by atoms with Gasteiger partial charge in [0.05, 0.1) is 11.5 Å². The number of aliphatic imine (C=N–C) groups is 1. The number of fused-ring (bicyclic) bond motifs is 3. The minimum absolute atomic E-state index is 0.262. The first-order valence-corrected chi connectivity index (χ1v) is 7.91. The molecule has 2 aliphatic heterocycles. The first kappa shape index (κ1) is 12.7. The van der Waals surface area contributed by atoms with Crippen molar-refractivity contribution in [3.63, 3.8) is 0 Å². The Hall–Kier alpha value is -2.00. The molecule has 0 aliphatic carbocycles. The van der Waals surface area contributed by atoms with Crippen molar-refractivity contribution >= 4 is 23.3 Å². The van der Waals surface area contributed by atoms with E-state index in [1.807, 2.05) is 24.8 Å². The summed E-state index contributed by atoms with van der Waals surface area (Å²) < 4.78 is 0. The summed E-state index contributed by atoms with van der Waals surface area (Å²) in [4.78, 5) is 7.52. The maximum Gasteiger partial charge on any atom is 0.119 e. The van der Waals surface area contributed by atoms with E-state index in [-0.39, 0.29) is 5.54 Å². The molecule has 0 saturated carbocycles. The van der Waals surface area contributed by atoms with Crippen LogP contribution in [0.3, 0.4) is 0 Å². The van der Waals surface area contributed by atoms with Gasteiger partial charge in [-0.25, -0.2) is 0 Å². The topological polar surface area (TPSA) is 24.4 Å². The molecule has 0 radical (unpaired) electrons. The minimum atomic E-state index is -0.262. The van der Waals surface area contributed by atoms with Gasteiger partial charge in [0.15, 0.2) is 0 Å². The molecule has 2 aliphatic rings. The zero-order valence-corrected chi connectivity index (χ0v) is 12.9. The molecule has 0 amide bonds. The van der Waals surface area contributed by atoms with Crippen LogP contribution in [-0.2, 0) is 5.54 Å². The summed E-state index contributed by atoms with van der Waals surface area (Å²) in [5.41, 5.74) is 3.45. The van der Waals surface area contributed by atoms with Gasteiger partial charge in [-0.3, -0.25) is 4.99 Å². The third-order valence-electron chi connectivity index (χ3n) is 4.05. The van der Waals surface area contributed by atoms with Crippen molar-refractivity contribution in [1.29, 1.82) is 0 Å². The molecule has 104 valence electrons. The Labute approximate surface area is 129 Å². The van der Waals surface area contributed by atoms with Crippen molar-refractivity contribution in [3.05, 3.63) is 70.6 Å². The number of thioether (sulfide) groups is 1. The molecule has 21 heavy (non-hydrogen) atoms. The fourth-order valence-electron chi connectivity index (χ4n) is 3.10. The SMILES string of the molecule is CC1=NC2(C)C(=C(c3ccccc3)N1)Sc1ccccc12. The summed E-state index contributed by atoms with van der Waals surface area (Å²) in [6.07, 6.45) is 0. The normalized spacial score (nSPS) is 23.2. The van der Waals surface area contributed by atoms with Crippen LogP contribution in [-0.4, -0.2) is 5.84 Å². The fourth-order valence-corrected chi connectivity index (χ4v) is 4.47. The van der Waals surface area contributed by atoms with Crippen LogP contribution in [0.2, 0.25) is 0 Å². The molecule has 4 rings (SSSR count). The maximum absolute atomic E-state index is 4.92. The lowest BCUT2D eigenvalue weighted by Gasteiger charge is -2.30. The summed E-state index contributed by atoms with van der Waals surface area (Å²) in [5, 5.41) is 3.47. The van der Waals surface area contributed by atoms with E-state index >= 15 is 0 Å². The van der Waals surface area contributed by atoms with Crippen LogP contribution in [0.25, 0.3) is 5.70 Å². The molecule has 2 heterocycles. The third-order valence-corrected chi connectivity index (χ3v) is 5.43. The van der Waals surface area contributed by atoms with Gasteiger partial charge in [0, 0.05) is 9.80 Å². The lowest BCUT2D eigenvalue weighted by atomic mass is 9.89. The fraction of sp³-hybridized carbons (Fsp3) is 0.167.